The lowest BCUT2D eigenvalue weighted by atomic mass is 10.1. The first-order chi connectivity index (χ1) is 18.7. The van der Waals surface area contributed by atoms with Crippen LogP contribution in [0.3, 0.4) is 0 Å². The van der Waals surface area contributed by atoms with Crippen molar-refractivity contribution in [3.63, 3.8) is 0 Å². The van der Waals surface area contributed by atoms with Crippen molar-refractivity contribution in [1.29, 1.82) is 0 Å². The molecule has 0 atom stereocenters. The number of rotatable bonds is 7. The highest BCUT2D eigenvalue weighted by atomic mass is 32.1. The number of thiophene rings is 1. The number of fused-ring (bicyclic) bond motifs is 2. The summed E-state index contributed by atoms with van der Waals surface area (Å²) in [5.41, 5.74) is 6.41. The van der Waals surface area contributed by atoms with E-state index in [1.54, 1.807) is 17.5 Å². The fourth-order valence-corrected chi connectivity index (χ4v) is 6.04. The summed E-state index contributed by atoms with van der Waals surface area (Å²) in [5, 5.41) is 9.72. The number of aromatic amines is 2. The SMILES string of the molecule is Cc1ccc(-c2nccc3[nH]c(-c4n[nH]c5ncc(-c6cncc(OCCN7CCCC7)c6)cc45)cc23)s1. The maximum absolute atomic E-state index is 6.03. The largest absolute Gasteiger partial charge is 0.491 e. The van der Waals surface area contributed by atoms with Crippen molar-refractivity contribution in [1.82, 2.24) is 35.0 Å². The molecule has 7 rings (SSSR count). The number of ether oxygens (including phenoxy) is 1. The van der Waals surface area contributed by atoms with Crippen LogP contribution in [0.25, 0.3) is 55.0 Å². The predicted molar refractivity (Wildman–Crippen MR) is 151 cm³/mol. The fourth-order valence-electron chi connectivity index (χ4n) is 5.16. The minimum absolute atomic E-state index is 0.663. The molecule has 0 aliphatic carbocycles. The number of aryl methyl sites for hydroxylation is 1. The molecule has 8 nitrogen and oxygen atoms in total. The average Bonchev–Trinajstić information content (AvgIpc) is 3.74. The normalized spacial score (nSPS) is 14.1. The number of hydrogen-bond donors (Lipinski definition) is 2. The molecule has 7 heterocycles. The van der Waals surface area contributed by atoms with Crippen LogP contribution in [0.15, 0.2) is 61.2 Å². The lowest BCUT2D eigenvalue weighted by molar-refractivity contribution is 0.237. The van der Waals surface area contributed by atoms with Gasteiger partial charge in [-0.2, -0.15) is 5.10 Å². The fraction of sp³-hybridized carbons (Fsp3) is 0.241. The van der Waals surface area contributed by atoms with Crippen LogP contribution in [0, 0.1) is 6.92 Å². The molecule has 0 spiro atoms. The summed E-state index contributed by atoms with van der Waals surface area (Å²) in [6.45, 7) is 6.06. The molecule has 1 aliphatic heterocycles. The predicted octanol–water partition coefficient (Wildman–Crippen LogP) is 6.07. The van der Waals surface area contributed by atoms with E-state index in [0.29, 0.717) is 6.61 Å². The molecule has 9 heteroatoms. The van der Waals surface area contributed by atoms with Crippen LogP contribution in [0.5, 0.6) is 5.75 Å². The van der Waals surface area contributed by atoms with Crippen molar-refractivity contribution >= 4 is 33.3 Å². The van der Waals surface area contributed by atoms with Gasteiger partial charge in [0.05, 0.1) is 22.5 Å². The first-order valence-corrected chi connectivity index (χ1v) is 13.7. The van der Waals surface area contributed by atoms with Crippen molar-refractivity contribution in [2.45, 2.75) is 19.8 Å². The van der Waals surface area contributed by atoms with Gasteiger partial charge in [-0.15, -0.1) is 11.3 Å². The van der Waals surface area contributed by atoms with Crippen molar-refractivity contribution in [2.75, 3.05) is 26.2 Å². The Morgan fingerprint density at radius 1 is 0.947 bits per heavy atom. The quantitative estimate of drug-likeness (QED) is 0.265. The van der Waals surface area contributed by atoms with Crippen LogP contribution >= 0.6 is 11.3 Å². The molecule has 38 heavy (non-hydrogen) atoms. The monoisotopic (exact) mass is 521 g/mol. The van der Waals surface area contributed by atoms with E-state index in [0.717, 1.165) is 67.3 Å². The Morgan fingerprint density at radius 3 is 2.71 bits per heavy atom. The molecular weight excluding hydrogens is 494 g/mol. The number of nitrogens with zero attached hydrogens (tertiary/aromatic N) is 5. The molecule has 6 aromatic rings. The van der Waals surface area contributed by atoms with Gasteiger partial charge >= 0.3 is 0 Å². The number of hydrogen-bond acceptors (Lipinski definition) is 7. The molecule has 2 N–H and O–H groups in total. The molecule has 0 unspecified atom stereocenters. The summed E-state index contributed by atoms with van der Waals surface area (Å²) in [6.07, 6.45) is 9.89. The summed E-state index contributed by atoms with van der Waals surface area (Å²) in [7, 11) is 0. The number of likely N-dealkylation sites (tertiary alicyclic amines) is 1. The molecular formula is C29H27N7OS. The number of pyridine rings is 3. The average molecular weight is 522 g/mol. The highest BCUT2D eigenvalue weighted by Gasteiger charge is 2.16. The van der Waals surface area contributed by atoms with Crippen LogP contribution in [0.1, 0.15) is 17.7 Å². The number of aromatic nitrogens is 6. The van der Waals surface area contributed by atoms with Crippen molar-refractivity contribution in [2.24, 2.45) is 0 Å². The van der Waals surface area contributed by atoms with E-state index in [1.165, 1.54) is 30.8 Å². The van der Waals surface area contributed by atoms with E-state index >= 15 is 0 Å². The van der Waals surface area contributed by atoms with Gasteiger partial charge in [-0.05, 0) is 69.3 Å². The Hall–Kier alpha value is -4.08. The van der Waals surface area contributed by atoms with Gasteiger partial charge < -0.3 is 9.72 Å². The third-order valence-corrected chi connectivity index (χ3v) is 8.12. The summed E-state index contributed by atoms with van der Waals surface area (Å²) in [4.78, 5) is 22.2. The topological polar surface area (TPSA) is 95.6 Å². The molecule has 1 saturated heterocycles. The Balaban J connectivity index is 1.20. The van der Waals surface area contributed by atoms with E-state index in [2.05, 4.69) is 66.2 Å². The van der Waals surface area contributed by atoms with E-state index in [4.69, 9.17) is 4.74 Å². The maximum Gasteiger partial charge on any atom is 0.155 e. The molecule has 0 saturated carbocycles. The Labute approximate surface area is 223 Å². The van der Waals surface area contributed by atoms with Crippen molar-refractivity contribution in [3.8, 4) is 38.8 Å². The van der Waals surface area contributed by atoms with Crippen molar-refractivity contribution < 1.29 is 4.74 Å². The highest BCUT2D eigenvalue weighted by molar-refractivity contribution is 7.15. The van der Waals surface area contributed by atoms with Gasteiger partial charge in [0.1, 0.15) is 18.1 Å². The summed E-state index contributed by atoms with van der Waals surface area (Å²) in [6, 6.07) is 12.5. The zero-order valence-electron chi connectivity index (χ0n) is 21.1. The number of nitrogens with one attached hydrogen (secondary N) is 2. The second-order valence-corrected chi connectivity index (χ2v) is 11.0. The lowest BCUT2D eigenvalue weighted by Gasteiger charge is -2.15. The highest BCUT2D eigenvalue weighted by Crippen LogP contribution is 2.36. The van der Waals surface area contributed by atoms with Gasteiger partial charge in [0.2, 0.25) is 0 Å². The molecule has 1 aliphatic rings. The van der Waals surface area contributed by atoms with E-state index in [1.807, 2.05) is 30.7 Å². The third-order valence-electron chi connectivity index (χ3n) is 7.11. The van der Waals surface area contributed by atoms with E-state index in [9.17, 15) is 0 Å². The lowest BCUT2D eigenvalue weighted by Crippen LogP contribution is -2.25. The van der Waals surface area contributed by atoms with Gasteiger partial charge in [-0.25, -0.2) is 4.98 Å². The smallest absolute Gasteiger partial charge is 0.155 e. The first kappa shape index (κ1) is 23.1. The molecule has 1 fully saturated rings. The first-order valence-electron chi connectivity index (χ1n) is 12.9. The van der Waals surface area contributed by atoms with Crippen molar-refractivity contribution in [3.05, 3.63) is 66.1 Å². The van der Waals surface area contributed by atoms with Crippen LogP contribution in [-0.4, -0.2) is 61.3 Å². The summed E-state index contributed by atoms with van der Waals surface area (Å²) in [5.74, 6) is 0.772. The van der Waals surface area contributed by atoms with Crippen LogP contribution in [0.4, 0.5) is 0 Å². The van der Waals surface area contributed by atoms with E-state index < -0.39 is 0 Å². The Kier molecular flexibility index (Phi) is 5.87. The molecule has 0 amide bonds. The minimum Gasteiger partial charge on any atom is -0.491 e. The van der Waals surface area contributed by atoms with E-state index in [-0.39, 0.29) is 0 Å². The standard InChI is InChI=1S/C29H27N7OS/c1-18-4-5-26(38-18)28-22-14-25(33-24(22)6-7-31-28)27-23-13-20(16-32-29(23)35-34-27)19-12-21(17-30-15-19)37-11-10-36-8-2-3-9-36/h4-7,12-17,33H,2-3,8-11H2,1H3,(H,32,34,35). The van der Waals surface area contributed by atoms with Crippen LogP contribution < -0.4 is 4.74 Å². The summed E-state index contributed by atoms with van der Waals surface area (Å²) >= 11 is 1.75. The van der Waals surface area contributed by atoms with Gasteiger partial charge in [-0.1, -0.05) is 0 Å². The zero-order chi connectivity index (χ0) is 25.5. The second kappa shape index (κ2) is 9.66. The summed E-state index contributed by atoms with van der Waals surface area (Å²) < 4.78 is 6.03. The van der Waals surface area contributed by atoms with Gasteiger partial charge in [0.15, 0.2) is 5.65 Å². The molecule has 6 aromatic heterocycles. The minimum atomic E-state index is 0.663. The molecule has 0 bridgehead atoms. The van der Waals surface area contributed by atoms with Crippen LogP contribution in [-0.2, 0) is 0 Å². The Morgan fingerprint density at radius 2 is 1.84 bits per heavy atom. The van der Waals surface area contributed by atoms with Gasteiger partial charge in [-0.3, -0.25) is 20.0 Å². The Bertz CT molecular complexity index is 1740. The molecule has 0 radical (unpaired) electrons. The second-order valence-electron chi connectivity index (χ2n) is 9.71. The molecule has 190 valence electrons. The van der Waals surface area contributed by atoms with Gasteiger partial charge in [0.25, 0.3) is 0 Å². The third kappa shape index (κ3) is 4.33. The zero-order valence-corrected chi connectivity index (χ0v) is 21.9. The van der Waals surface area contributed by atoms with Gasteiger partial charge in [0, 0.05) is 57.4 Å². The molecule has 0 aromatic carbocycles. The maximum atomic E-state index is 6.03. The number of H-pyrrole nitrogens is 2. The van der Waals surface area contributed by atoms with Crippen LogP contribution in [0.2, 0.25) is 0 Å².